The van der Waals surface area contributed by atoms with Gasteiger partial charge in [-0.25, -0.2) is 0 Å². The summed E-state index contributed by atoms with van der Waals surface area (Å²) in [4.78, 5) is 12.2. The predicted octanol–water partition coefficient (Wildman–Crippen LogP) is 2.94. The Hall–Kier alpha value is -1.24. The van der Waals surface area contributed by atoms with E-state index >= 15 is 0 Å². The number of amides is 1. The summed E-state index contributed by atoms with van der Waals surface area (Å²) < 4.78 is 8.32. The number of benzene rings is 1. The number of nitrogens with two attached hydrogens (primary N) is 1. The van der Waals surface area contributed by atoms with Crippen molar-refractivity contribution in [2.24, 2.45) is 5.73 Å². The second kappa shape index (κ2) is 5.27. The van der Waals surface area contributed by atoms with Gasteiger partial charge in [0, 0.05) is 12.0 Å². The monoisotopic (exact) mass is 310 g/mol. The van der Waals surface area contributed by atoms with E-state index in [1.165, 1.54) is 0 Å². The van der Waals surface area contributed by atoms with Crippen molar-refractivity contribution >= 4 is 46.0 Å². The Bertz CT molecular complexity index is 651. The number of fused-ring (bicyclic) bond motifs is 1. The molecule has 3 rings (SSSR count). The van der Waals surface area contributed by atoms with E-state index in [9.17, 15) is 4.79 Å². The van der Waals surface area contributed by atoms with Gasteiger partial charge in [-0.15, -0.1) is 0 Å². The van der Waals surface area contributed by atoms with Crippen molar-refractivity contribution < 1.29 is 4.79 Å². The number of carbonyl (C=O) groups excluding carboxylic acids is 1. The first-order valence-corrected chi connectivity index (χ1v) is 7.68. The number of carbonyl (C=O) groups is 1. The molecule has 0 aliphatic heterocycles. The molecular weight excluding hydrogens is 296 g/mol. The maximum atomic E-state index is 12.2. The second-order valence-electron chi connectivity index (χ2n) is 5.35. The third-order valence-electron chi connectivity index (χ3n) is 3.75. The molecule has 1 amide bonds. The number of rotatable bonds is 3. The molecule has 5 nitrogen and oxygen atoms in total. The molecule has 1 aromatic heterocycles. The Morgan fingerprint density at radius 3 is 2.90 bits per heavy atom. The van der Waals surface area contributed by atoms with Crippen LogP contribution in [0.4, 0.5) is 5.69 Å². The quantitative estimate of drug-likeness (QED) is 0.913. The van der Waals surface area contributed by atoms with Gasteiger partial charge in [0.25, 0.3) is 0 Å². The van der Waals surface area contributed by atoms with Crippen LogP contribution in [0.5, 0.6) is 0 Å². The number of hydrogen-bond acceptors (Lipinski definition) is 5. The van der Waals surface area contributed by atoms with Gasteiger partial charge in [0.15, 0.2) is 0 Å². The minimum atomic E-state index is -0.370. The van der Waals surface area contributed by atoms with E-state index in [0.717, 1.165) is 42.9 Å². The standard InChI is InChI=1S/C13H15ClN4OS/c14-8-3-4-9-12(18-20-17-9)11(8)16-10(19)7-13(15)5-1-2-6-13/h3-4H,1-2,5-7,15H2,(H,16,19). The van der Waals surface area contributed by atoms with Crippen LogP contribution in [-0.4, -0.2) is 20.2 Å². The molecule has 0 spiro atoms. The molecule has 1 fully saturated rings. The zero-order valence-electron chi connectivity index (χ0n) is 10.9. The molecule has 1 saturated carbocycles. The smallest absolute Gasteiger partial charge is 0.226 e. The Balaban J connectivity index is 1.80. The van der Waals surface area contributed by atoms with E-state index in [2.05, 4.69) is 14.1 Å². The van der Waals surface area contributed by atoms with Crippen LogP contribution in [0, 0.1) is 0 Å². The number of aromatic nitrogens is 2. The van der Waals surface area contributed by atoms with Crippen molar-refractivity contribution in [2.45, 2.75) is 37.6 Å². The molecular formula is C13H15ClN4OS. The van der Waals surface area contributed by atoms with Crippen molar-refractivity contribution in [3.63, 3.8) is 0 Å². The minimum absolute atomic E-state index is 0.114. The van der Waals surface area contributed by atoms with Gasteiger partial charge in [0.1, 0.15) is 11.0 Å². The number of nitrogens with one attached hydrogen (secondary N) is 1. The maximum absolute atomic E-state index is 12.2. The van der Waals surface area contributed by atoms with Gasteiger partial charge in [-0.3, -0.25) is 4.79 Å². The third kappa shape index (κ3) is 2.63. The molecule has 7 heteroatoms. The van der Waals surface area contributed by atoms with Crippen LogP contribution < -0.4 is 11.1 Å². The highest BCUT2D eigenvalue weighted by molar-refractivity contribution is 7.00. The van der Waals surface area contributed by atoms with Gasteiger partial charge in [0.05, 0.1) is 22.4 Å². The molecule has 0 unspecified atom stereocenters. The molecule has 1 aromatic carbocycles. The lowest BCUT2D eigenvalue weighted by atomic mass is 9.94. The van der Waals surface area contributed by atoms with Gasteiger partial charge in [-0.2, -0.15) is 8.75 Å². The fourth-order valence-electron chi connectivity index (χ4n) is 2.71. The fourth-order valence-corrected chi connectivity index (χ4v) is 3.45. The molecule has 1 aliphatic carbocycles. The number of nitrogens with zero attached hydrogens (tertiary/aromatic N) is 2. The SMILES string of the molecule is NC1(CC(=O)Nc2c(Cl)ccc3nsnc23)CCCC1. The third-order valence-corrected chi connectivity index (χ3v) is 4.61. The van der Waals surface area contributed by atoms with Gasteiger partial charge < -0.3 is 11.1 Å². The average Bonchev–Trinajstić information content (AvgIpc) is 3.01. The first-order chi connectivity index (χ1) is 9.57. The highest BCUT2D eigenvalue weighted by Crippen LogP contribution is 2.33. The van der Waals surface area contributed by atoms with Crippen molar-refractivity contribution in [1.82, 2.24) is 8.75 Å². The Morgan fingerprint density at radius 1 is 1.40 bits per heavy atom. The van der Waals surface area contributed by atoms with Crippen molar-refractivity contribution in [2.75, 3.05) is 5.32 Å². The van der Waals surface area contributed by atoms with E-state index in [4.69, 9.17) is 17.3 Å². The van der Waals surface area contributed by atoms with Crippen LogP contribution in [-0.2, 0) is 4.79 Å². The Kier molecular flexibility index (Phi) is 3.62. The molecule has 1 aliphatic rings. The lowest BCUT2D eigenvalue weighted by Gasteiger charge is -2.22. The number of halogens is 1. The maximum Gasteiger partial charge on any atom is 0.226 e. The summed E-state index contributed by atoms with van der Waals surface area (Å²) in [6, 6.07) is 3.51. The zero-order valence-corrected chi connectivity index (χ0v) is 12.4. The topological polar surface area (TPSA) is 80.9 Å². The van der Waals surface area contributed by atoms with E-state index in [1.807, 2.05) is 0 Å². The number of hydrogen-bond donors (Lipinski definition) is 2. The average molecular weight is 311 g/mol. The summed E-state index contributed by atoms with van der Waals surface area (Å²) in [5, 5.41) is 3.31. The van der Waals surface area contributed by atoms with Crippen molar-refractivity contribution in [3.8, 4) is 0 Å². The molecule has 1 heterocycles. The van der Waals surface area contributed by atoms with Crippen molar-refractivity contribution in [3.05, 3.63) is 17.2 Å². The lowest BCUT2D eigenvalue weighted by Crippen LogP contribution is -2.40. The van der Waals surface area contributed by atoms with Gasteiger partial charge in [-0.1, -0.05) is 24.4 Å². The zero-order chi connectivity index (χ0) is 14.2. The van der Waals surface area contributed by atoms with Crippen LogP contribution in [0.3, 0.4) is 0 Å². The molecule has 106 valence electrons. The van der Waals surface area contributed by atoms with Crippen LogP contribution in [0.2, 0.25) is 5.02 Å². The van der Waals surface area contributed by atoms with Crippen LogP contribution >= 0.6 is 23.3 Å². The van der Waals surface area contributed by atoms with Crippen LogP contribution in [0.1, 0.15) is 32.1 Å². The molecule has 0 radical (unpaired) electrons. The van der Waals surface area contributed by atoms with Gasteiger partial charge >= 0.3 is 0 Å². The van der Waals surface area contributed by atoms with E-state index in [0.29, 0.717) is 22.6 Å². The largest absolute Gasteiger partial charge is 0.325 e. The summed E-state index contributed by atoms with van der Waals surface area (Å²) >= 11 is 7.25. The lowest BCUT2D eigenvalue weighted by molar-refractivity contribution is -0.117. The molecule has 0 atom stereocenters. The molecule has 0 bridgehead atoms. The molecule has 3 N–H and O–H groups in total. The summed E-state index contributed by atoms with van der Waals surface area (Å²) in [7, 11) is 0. The predicted molar refractivity (Wildman–Crippen MR) is 81.1 cm³/mol. The molecule has 2 aromatic rings. The van der Waals surface area contributed by atoms with Crippen molar-refractivity contribution in [1.29, 1.82) is 0 Å². The van der Waals surface area contributed by atoms with Gasteiger partial charge in [0.2, 0.25) is 5.91 Å². The Morgan fingerprint density at radius 2 is 2.15 bits per heavy atom. The fraction of sp³-hybridized carbons (Fsp3) is 0.462. The second-order valence-corrected chi connectivity index (χ2v) is 6.28. The summed E-state index contributed by atoms with van der Waals surface area (Å²) in [6.45, 7) is 0. The minimum Gasteiger partial charge on any atom is -0.325 e. The molecule has 0 saturated heterocycles. The number of anilines is 1. The van der Waals surface area contributed by atoms with E-state index in [-0.39, 0.29) is 11.4 Å². The Labute approximate surface area is 125 Å². The summed E-state index contributed by atoms with van der Waals surface area (Å²) in [5.74, 6) is -0.114. The first kappa shape index (κ1) is 13.7. The summed E-state index contributed by atoms with van der Waals surface area (Å²) in [5.41, 5.74) is 7.75. The highest BCUT2D eigenvalue weighted by Gasteiger charge is 2.32. The normalized spacial score (nSPS) is 17.5. The first-order valence-electron chi connectivity index (χ1n) is 6.57. The van der Waals surface area contributed by atoms with Crippen LogP contribution in [0.15, 0.2) is 12.1 Å². The van der Waals surface area contributed by atoms with Crippen LogP contribution in [0.25, 0.3) is 11.0 Å². The summed E-state index contributed by atoms with van der Waals surface area (Å²) in [6.07, 6.45) is 4.30. The van der Waals surface area contributed by atoms with E-state index < -0.39 is 0 Å². The van der Waals surface area contributed by atoms with E-state index in [1.54, 1.807) is 12.1 Å². The highest BCUT2D eigenvalue weighted by atomic mass is 35.5. The molecule has 20 heavy (non-hydrogen) atoms. The van der Waals surface area contributed by atoms with Gasteiger partial charge in [-0.05, 0) is 25.0 Å².